The van der Waals surface area contributed by atoms with E-state index in [0.29, 0.717) is 12.5 Å². The summed E-state index contributed by atoms with van der Waals surface area (Å²) >= 11 is 6.02. The molecule has 2 N–H and O–H groups in total. The Morgan fingerprint density at radius 3 is 2.46 bits per heavy atom. The van der Waals surface area contributed by atoms with Crippen LogP contribution in [0.15, 0.2) is 42.5 Å². The molecule has 0 radical (unpaired) electrons. The van der Waals surface area contributed by atoms with Crippen molar-refractivity contribution in [2.24, 2.45) is 0 Å². The summed E-state index contributed by atoms with van der Waals surface area (Å²) in [5, 5.41) is 14.2. The van der Waals surface area contributed by atoms with Crippen molar-refractivity contribution in [1.82, 2.24) is 5.32 Å². The molecule has 0 aliphatic heterocycles. The average Bonchev–Trinajstić information content (AvgIpc) is 2.57. The van der Waals surface area contributed by atoms with Gasteiger partial charge in [0.2, 0.25) is 0 Å². The number of aliphatic hydroxyl groups excluding tert-OH is 1. The molecule has 0 aliphatic rings. The lowest BCUT2D eigenvalue weighted by atomic mass is 9.98. The molecule has 0 amide bonds. The van der Waals surface area contributed by atoms with Crippen LogP contribution in [0.3, 0.4) is 0 Å². The number of hydrogen-bond donors (Lipinski definition) is 2. The number of hydrogen-bond acceptors (Lipinski definition) is 3. The Labute approximate surface area is 168 Å². The van der Waals surface area contributed by atoms with E-state index in [4.69, 9.17) is 16.3 Å². The zero-order valence-electron chi connectivity index (χ0n) is 15.8. The van der Waals surface area contributed by atoms with Gasteiger partial charge in [0, 0.05) is 17.6 Å². The SMILES string of the molecule is Cc1cc(OCC(O)CNC(C)c2cccc(Cl)c2)ccc1C(C)C.Cl. The van der Waals surface area contributed by atoms with E-state index < -0.39 is 6.10 Å². The summed E-state index contributed by atoms with van der Waals surface area (Å²) in [7, 11) is 0. The van der Waals surface area contributed by atoms with Crippen molar-refractivity contribution >= 4 is 24.0 Å². The summed E-state index contributed by atoms with van der Waals surface area (Å²) in [6, 6.07) is 13.9. The summed E-state index contributed by atoms with van der Waals surface area (Å²) in [4.78, 5) is 0. The third-order valence-corrected chi connectivity index (χ3v) is 4.55. The minimum atomic E-state index is -0.577. The lowest BCUT2D eigenvalue weighted by molar-refractivity contribution is 0.104. The van der Waals surface area contributed by atoms with Gasteiger partial charge in [0.05, 0.1) is 0 Å². The van der Waals surface area contributed by atoms with Crippen LogP contribution in [0, 0.1) is 6.92 Å². The topological polar surface area (TPSA) is 41.5 Å². The summed E-state index contributed by atoms with van der Waals surface area (Å²) in [6.07, 6.45) is -0.577. The monoisotopic (exact) mass is 397 g/mol. The number of nitrogens with one attached hydrogen (secondary N) is 1. The summed E-state index contributed by atoms with van der Waals surface area (Å²) in [5.74, 6) is 1.29. The molecule has 0 bridgehead atoms. The Balaban J connectivity index is 0.00000338. The van der Waals surface area contributed by atoms with Gasteiger partial charge in [-0.1, -0.05) is 43.6 Å². The van der Waals surface area contributed by atoms with Crippen LogP contribution in [0.5, 0.6) is 5.75 Å². The van der Waals surface area contributed by atoms with Gasteiger partial charge in [-0.3, -0.25) is 0 Å². The van der Waals surface area contributed by atoms with E-state index in [1.165, 1.54) is 11.1 Å². The molecular weight excluding hydrogens is 369 g/mol. The highest BCUT2D eigenvalue weighted by atomic mass is 35.5. The van der Waals surface area contributed by atoms with Gasteiger partial charge in [-0.25, -0.2) is 0 Å². The molecule has 2 aromatic carbocycles. The molecule has 5 heteroatoms. The van der Waals surface area contributed by atoms with Crippen LogP contribution >= 0.6 is 24.0 Å². The number of aryl methyl sites for hydroxylation is 1. The maximum Gasteiger partial charge on any atom is 0.119 e. The number of ether oxygens (including phenoxy) is 1. The van der Waals surface area contributed by atoms with Crippen LogP contribution < -0.4 is 10.1 Å². The smallest absolute Gasteiger partial charge is 0.119 e. The normalized spacial score (nSPS) is 13.2. The Morgan fingerprint density at radius 2 is 1.85 bits per heavy atom. The molecule has 2 unspecified atom stereocenters. The highest BCUT2D eigenvalue weighted by molar-refractivity contribution is 6.30. The van der Waals surface area contributed by atoms with Crippen LogP contribution in [-0.4, -0.2) is 24.4 Å². The molecule has 2 rings (SSSR count). The van der Waals surface area contributed by atoms with Crippen LogP contribution in [0.2, 0.25) is 5.02 Å². The van der Waals surface area contributed by atoms with Gasteiger partial charge in [0.25, 0.3) is 0 Å². The van der Waals surface area contributed by atoms with E-state index in [9.17, 15) is 5.11 Å². The molecule has 144 valence electrons. The zero-order valence-corrected chi connectivity index (χ0v) is 17.4. The highest BCUT2D eigenvalue weighted by Crippen LogP contribution is 2.23. The largest absolute Gasteiger partial charge is 0.491 e. The van der Waals surface area contributed by atoms with Crippen molar-refractivity contribution in [3.63, 3.8) is 0 Å². The first-order valence-electron chi connectivity index (χ1n) is 8.77. The second-order valence-corrected chi connectivity index (χ2v) is 7.26. The standard InChI is InChI=1S/C21H28ClNO2.ClH/c1-14(2)21-9-8-20(10-15(21)3)25-13-19(24)12-23-16(4)17-6-5-7-18(22)11-17;/h5-11,14,16,19,23-24H,12-13H2,1-4H3;1H. The van der Waals surface area contributed by atoms with Gasteiger partial charge in [-0.15, -0.1) is 12.4 Å². The highest BCUT2D eigenvalue weighted by Gasteiger charge is 2.11. The van der Waals surface area contributed by atoms with Gasteiger partial charge >= 0.3 is 0 Å². The fraction of sp³-hybridized carbons (Fsp3) is 0.429. The second kappa shape index (κ2) is 10.8. The number of rotatable bonds is 8. The molecule has 2 atom stereocenters. The average molecular weight is 398 g/mol. The van der Waals surface area contributed by atoms with Crippen molar-refractivity contribution in [3.8, 4) is 5.75 Å². The Hall–Kier alpha value is -1.26. The quantitative estimate of drug-likeness (QED) is 0.635. The molecule has 3 nitrogen and oxygen atoms in total. The third-order valence-electron chi connectivity index (χ3n) is 4.31. The molecular formula is C21H29Cl2NO2. The summed E-state index contributed by atoms with van der Waals surface area (Å²) in [6.45, 7) is 9.21. The molecule has 0 aliphatic carbocycles. The molecule has 0 saturated carbocycles. The molecule has 26 heavy (non-hydrogen) atoms. The van der Waals surface area contributed by atoms with Crippen molar-refractivity contribution in [1.29, 1.82) is 0 Å². The number of benzene rings is 2. The van der Waals surface area contributed by atoms with E-state index in [2.05, 4.69) is 32.2 Å². The van der Waals surface area contributed by atoms with Crippen molar-refractivity contribution in [2.75, 3.05) is 13.2 Å². The van der Waals surface area contributed by atoms with Gasteiger partial charge in [-0.05, 0) is 60.7 Å². The maximum absolute atomic E-state index is 10.2. The fourth-order valence-electron chi connectivity index (χ4n) is 2.84. The Bertz CT molecular complexity index is 691. The van der Waals surface area contributed by atoms with Crippen LogP contribution in [0.25, 0.3) is 0 Å². The summed E-state index contributed by atoms with van der Waals surface area (Å²) in [5.41, 5.74) is 3.64. The van der Waals surface area contributed by atoms with E-state index in [1.54, 1.807) is 0 Å². The fourth-order valence-corrected chi connectivity index (χ4v) is 3.04. The molecule has 0 saturated heterocycles. The molecule has 0 aromatic heterocycles. The van der Waals surface area contributed by atoms with Crippen molar-refractivity contribution in [3.05, 3.63) is 64.2 Å². The van der Waals surface area contributed by atoms with E-state index in [0.717, 1.165) is 16.3 Å². The molecule has 0 heterocycles. The minimum Gasteiger partial charge on any atom is -0.491 e. The van der Waals surface area contributed by atoms with E-state index in [1.807, 2.05) is 43.3 Å². The molecule has 0 spiro atoms. The first-order chi connectivity index (χ1) is 11.9. The number of halogens is 2. The lowest BCUT2D eigenvalue weighted by Gasteiger charge is -2.18. The predicted octanol–water partition coefficient (Wildman–Crippen LogP) is 5.28. The zero-order chi connectivity index (χ0) is 18.4. The van der Waals surface area contributed by atoms with Gasteiger partial charge in [0.15, 0.2) is 0 Å². The maximum atomic E-state index is 10.2. The molecule has 2 aromatic rings. The van der Waals surface area contributed by atoms with Crippen LogP contribution in [0.4, 0.5) is 0 Å². The van der Waals surface area contributed by atoms with Crippen LogP contribution in [-0.2, 0) is 0 Å². The Morgan fingerprint density at radius 1 is 1.12 bits per heavy atom. The van der Waals surface area contributed by atoms with Crippen molar-refractivity contribution in [2.45, 2.75) is 45.8 Å². The third kappa shape index (κ3) is 6.81. The second-order valence-electron chi connectivity index (χ2n) is 6.82. The first-order valence-corrected chi connectivity index (χ1v) is 9.15. The van der Waals surface area contributed by atoms with Crippen LogP contribution in [0.1, 0.15) is 49.4 Å². The first kappa shape index (κ1) is 22.8. The minimum absolute atomic E-state index is 0. The number of aliphatic hydroxyl groups is 1. The predicted molar refractivity (Wildman–Crippen MR) is 112 cm³/mol. The van der Waals surface area contributed by atoms with Gasteiger partial charge in [-0.2, -0.15) is 0 Å². The lowest BCUT2D eigenvalue weighted by Crippen LogP contribution is -2.33. The molecule has 0 fully saturated rings. The van der Waals surface area contributed by atoms with E-state index in [-0.39, 0.29) is 25.1 Å². The van der Waals surface area contributed by atoms with Gasteiger partial charge in [0.1, 0.15) is 18.5 Å². The van der Waals surface area contributed by atoms with Gasteiger partial charge < -0.3 is 15.2 Å². The summed E-state index contributed by atoms with van der Waals surface area (Å²) < 4.78 is 5.73. The van der Waals surface area contributed by atoms with E-state index >= 15 is 0 Å². The Kier molecular flexibility index (Phi) is 9.45. The van der Waals surface area contributed by atoms with Crippen molar-refractivity contribution < 1.29 is 9.84 Å².